The zero-order valence-corrected chi connectivity index (χ0v) is 9.67. The van der Waals surface area contributed by atoms with Crippen molar-refractivity contribution in [3.05, 3.63) is 0 Å². The van der Waals surface area contributed by atoms with Gasteiger partial charge in [0, 0.05) is 25.2 Å². The summed E-state index contributed by atoms with van der Waals surface area (Å²) in [5, 5.41) is 0. The molecule has 1 saturated heterocycles. The highest BCUT2D eigenvalue weighted by atomic mass is 15.2. The first-order valence-electron chi connectivity index (χ1n) is 5.32. The lowest BCUT2D eigenvalue weighted by Gasteiger charge is -2.50. The van der Waals surface area contributed by atoms with Crippen molar-refractivity contribution in [2.45, 2.75) is 46.7 Å². The molecule has 1 heterocycles. The van der Waals surface area contributed by atoms with Crippen LogP contribution in [0.4, 0.5) is 0 Å². The van der Waals surface area contributed by atoms with Gasteiger partial charge in [-0.2, -0.15) is 0 Å². The molecule has 0 aliphatic carbocycles. The smallest absolute Gasteiger partial charge is 0.0216 e. The molecule has 0 aromatic heterocycles. The molecule has 2 N–H and O–H groups in total. The van der Waals surface area contributed by atoms with Crippen molar-refractivity contribution < 1.29 is 0 Å². The van der Waals surface area contributed by atoms with Crippen molar-refractivity contribution in [2.24, 2.45) is 17.1 Å². The number of hydrogen-bond acceptors (Lipinski definition) is 2. The van der Waals surface area contributed by atoms with Crippen LogP contribution in [0.25, 0.3) is 0 Å². The summed E-state index contributed by atoms with van der Waals surface area (Å²) < 4.78 is 0. The predicted octanol–water partition coefficient (Wildman–Crippen LogP) is 1.70. The second kappa shape index (κ2) is 3.58. The summed E-state index contributed by atoms with van der Waals surface area (Å²) in [7, 11) is 0. The average Bonchev–Trinajstić information content (AvgIpc) is 1.79. The van der Waals surface area contributed by atoms with Crippen LogP contribution in [-0.2, 0) is 0 Å². The van der Waals surface area contributed by atoms with E-state index in [9.17, 15) is 0 Å². The van der Waals surface area contributed by atoms with E-state index in [2.05, 4.69) is 39.5 Å². The fourth-order valence-corrected chi connectivity index (χ4v) is 1.73. The Hall–Kier alpha value is -0.0800. The van der Waals surface area contributed by atoms with Crippen LogP contribution in [0.3, 0.4) is 0 Å². The van der Waals surface area contributed by atoms with Gasteiger partial charge in [-0.25, -0.2) is 0 Å². The van der Waals surface area contributed by atoms with Crippen molar-refractivity contribution in [3.63, 3.8) is 0 Å². The number of rotatable bonds is 2. The maximum absolute atomic E-state index is 5.86. The molecule has 0 amide bonds. The van der Waals surface area contributed by atoms with E-state index in [1.165, 1.54) is 13.1 Å². The second-order valence-corrected chi connectivity index (χ2v) is 5.62. The molecular formula is C11H24N2. The highest BCUT2D eigenvalue weighted by molar-refractivity contribution is 4.92. The molecule has 1 fully saturated rings. The van der Waals surface area contributed by atoms with Crippen LogP contribution < -0.4 is 5.73 Å². The van der Waals surface area contributed by atoms with Gasteiger partial charge in [-0.1, -0.05) is 20.8 Å². The van der Waals surface area contributed by atoms with Crippen LogP contribution in [-0.4, -0.2) is 30.1 Å². The normalized spacial score (nSPS) is 25.4. The Balaban J connectivity index is 2.33. The molecule has 2 nitrogen and oxygen atoms in total. The SMILES string of the molecule is CC(N)C(C)N1CC(C(C)(C)C)C1. The van der Waals surface area contributed by atoms with E-state index in [0.29, 0.717) is 17.5 Å². The molecule has 0 aromatic carbocycles. The summed E-state index contributed by atoms with van der Waals surface area (Å²) in [6, 6.07) is 0.833. The summed E-state index contributed by atoms with van der Waals surface area (Å²) >= 11 is 0. The van der Waals surface area contributed by atoms with Gasteiger partial charge in [0.05, 0.1) is 0 Å². The maximum Gasteiger partial charge on any atom is 0.0216 e. The molecule has 2 atom stereocenters. The third kappa shape index (κ3) is 2.44. The zero-order chi connectivity index (χ0) is 10.2. The third-order valence-electron chi connectivity index (χ3n) is 3.47. The van der Waals surface area contributed by atoms with E-state index in [-0.39, 0.29) is 0 Å². The molecule has 0 aromatic rings. The minimum Gasteiger partial charge on any atom is -0.327 e. The molecule has 2 unspecified atom stereocenters. The largest absolute Gasteiger partial charge is 0.327 e. The second-order valence-electron chi connectivity index (χ2n) is 5.62. The summed E-state index contributed by atoms with van der Waals surface area (Å²) in [6.07, 6.45) is 0. The number of likely N-dealkylation sites (tertiary alicyclic amines) is 1. The Morgan fingerprint density at radius 2 is 1.69 bits per heavy atom. The molecule has 1 aliphatic rings. The van der Waals surface area contributed by atoms with Gasteiger partial charge in [0.2, 0.25) is 0 Å². The van der Waals surface area contributed by atoms with Gasteiger partial charge >= 0.3 is 0 Å². The summed E-state index contributed by atoms with van der Waals surface area (Å²) in [5.74, 6) is 0.855. The number of nitrogens with two attached hydrogens (primary N) is 1. The van der Waals surface area contributed by atoms with Crippen LogP contribution in [0.2, 0.25) is 0 Å². The number of nitrogens with zero attached hydrogens (tertiary/aromatic N) is 1. The van der Waals surface area contributed by atoms with Crippen LogP contribution >= 0.6 is 0 Å². The average molecular weight is 184 g/mol. The monoisotopic (exact) mass is 184 g/mol. The van der Waals surface area contributed by atoms with Gasteiger partial charge < -0.3 is 5.73 Å². The lowest BCUT2D eigenvalue weighted by molar-refractivity contribution is -0.00727. The van der Waals surface area contributed by atoms with Crippen LogP contribution in [0.15, 0.2) is 0 Å². The van der Waals surface area contributed by atoms with Crippen molar-refractivity contribution >= 4 is 0 Å². The Labute approximate surface area is 82.5 Å². The quantitative estimate of drug-likeness (QED) is 0.708. The highest BCUT2D eigenvalue weighted by Gasteiger charge is 2.38. The molecule has 78 valence electrons. The van der Waals surface area contributed by atoms with Crippen LogP contribution in [0, 0.1) is 11.3 Å². The predicted molar refractivity (Wildman–Crippen MR) is 57.6 cm³/mol. The Morgan fingerprint density at radius 1 is 1.23 bits per heavy atom. The fourth-order valence-electron chi connectivity index (χ4n) is 1.73. The Morgan fingerprint density at radius 3 is 2.00 bits per heavy atom. The molecule has 13 heavy (non-hydrogen) atoms. The summed E-state index contributed by atoms with van der Waals surface area (Å²) in [4.78, 5) is 2.49. The van der Waals surface area contributed by atoms with E-state index in [1.807, 2.05) is 0 Å². The molecule has 0 saturated carbocycles. The lowest BCUT2D eigenvalue weighted by atomic mass is 9.75. The van der Waals surface area contributed by atoms with Gasteiger partial charge in [0.15, 0.2) is 0 Å². The van der Waals surface area contributed by atoms with Crippen molar-refractivity contribution in [3.8, 4) is 0 Å². The van der Waals surface area contributed by atoms with Gasteiger partial charge in [0.25, 0.3) is 0 Å². The van der Waals surface area contributed by atoms with E-state index in [1.54, 1.807) is 0 Å². The first kappa shape index (κ1) is 11.0. The minimum atomic E-state index is 0.293. The molecule has 2 heteroatoms. The standard InChI is InChI=1S/C11H24N2/c1-8(12)9(2)13-6-10(7-13)11(3,4)5/h8-10H,6-7,12H2,1-5H3. The van der Waals surface area contributed by atoms with E-state index in [4.69, 9.17) is 5.73 Å². The Kier molecular flexibility index (Phi) is 3.03. The molecule has 0 radical (unpaired) electrons. The highest BCUT2D eigenvalue weighted by Crippen LogP contribution is 2.34. The van der Waals surface area contributed by atoms with Crippen molar-refractivity contribution in [2.75, 3.05) is 13.1 Å². The first-order chi connectivity index (χ1) is 5.82. The van der Waals surface area contributed by atoms with Gasteiger partial charge in [-0.15, -0.1) is 0 Å². The molecule has 0 bridgehead atoms. The van der Waals surface area contributed by atoms with Gasteiger partial charge in [0.1, 0.15) is 0 Å². The van der Waals surface area contributed by atoms with Crippen molar-refractivity contribution in [1.82, 2.24) is 4.90 Å². The third-order valence-corrected chi connectivity index (χ3v) is 3.47. The van der Waals surface area contributed by atoms with E-state index < -0.39 is 0 Å². The van der Waals surface area contributed by atoms with Crippen LogP contribution in [0.5, 0.6) is 0 Å². The molecule has 0 spiro atoms. The minimum absolute atomic E-state index is 0.293. The summed E-state index contributed by atoms with van der Waals surface area (Å²) in [6.45, 7) is 13.7. The molecule has 1 rings (SSSR count). The van der Waals surface area contributed by atoms with Crippen LogP contribution in [0.1, 0.15) is 34.6 Å². The topological polar surface area (TPSA) is 29.3 Å². The maximum atomic E-state index is 5.86. The molecule has 1 aliphatic heterocycles. The first-order valence-corrected chi connectivity index (χ1v) is 5.32. The Bertz CT molecular complexity index is 163. The summed E-state index contributed by atoms with van der Waals surface area (Å²) in [5.41, 5.74) is 6.33. The van der Waals surface area contributed by atoms with E-state index in [0.717, 1.165) is 5.92 Å². The zero-order valence-electron chi connectivity index (χ0n) is 9.67. The lowest BCUT2D eigenvalue weighted by Crippen LogP contribution is -2.59. The van der Waals surface area contributed by atoms with Gasteiger partial charge in [-0.05, 0) is 25.2 Å². The number of hydrogen-bond donors (Lipinski definition) is 1. The van der Waals surface area contributed by atoms with Crippen molar-refractivity contribution in [1.29, 1.82) is 0 Å². The van der Waals surface area contributed by atoms with Gasteiger partial charge in [-0.3, -0.25) is 4.90 Å². The fraction of sp³-hybridized carbons (Fsp3) is 1.00. The van der Waals surface area contributed by atoms with E-state index >= 15 is 0 Å². The molecular weight excluding hydrogens is 160 g/mol.